The van der Waals surface area contributed by atoms with E-state index in [9.17, 15) is 18.9 Å². The van der Waals surface area contributed by atoms with Crippen LogP contribution in [0, 0.1) is 27.7 Å². The molecule has 98 valence electrons. The van der Waals surface area contributed by atoms with Crippen molar-refractivity contribution in [3.63, 3.8) is 0 Å². The molecule has 0 aromatic heterocycles. The first-order valence-electron chi connectivity index (χ1n) is 5.54. The summed E-state index contributed by atoms with van der Waals surface area (Å²) in [6.45, 7) is 2.70. The molecule has 7 heteroatoms. The third kappa shape index (κ3) is 2.13. The van der Waals surface area contributed by atoms with E-state index in [1.807, 2.05) is 6.92 Å². The zero-order chi connectivity index (χ0) is 13.4. The number of hydrogen-bond donors (Lipinski definition) is 1. The molecule has 18 heavy (non-hydrogen) atoms. The van der Waals surface area contributed by atoms with E-state index in [0.29, 0.717) is 19.2 Å². The van der Waals surface area contributed by atoms with Gasteiger partial charge >= 0.3 is 5.69 Å². The molecule has 0 aliphatic carbocycles. The highest BCUT2D eigenvalue weighted by Gasteiger charge is 2.33. The van der Waals surface area contributed by atoms with E-state index in [4.69, 9.17) is 5.73 Å². The summed E-state index contributed by atoms with van der Waals surface area (Å²) < 4.78 is 26.7. The van der Waals surface area contributed by atoms with Gasteiger partial charge < -0.3 is 10.6 Å². The van der Waals surface area contributed by atoms with Crippen LogP contribution in [0.25, 0.3) is 0 Å². The van der Waals surface area contributed by atoms with Crippen molar-refractivity contribution in [1.29, 1.82) is 0 Å². The van der Waals surface area contributed by atoms with E-state index in [-0.39, 0.29) is 17.6 Å². The molecular weight excluding hydrogens is 244 g/mol. The van der Waals surface area contributed by atoms with Crippen molar-refractivity contribution in [3.8, 4) is 0 Å². The Balaban J connectivity index is 2.47. The van der Waals surface area contributed by atoms with Gasteiger partial charge in [-0.05, 0) is 5.92 Å². The molecule has 2 N–H and O–H groups in total. The first kappa shape index (κ1) is 12.7. The summed E-state index contributed by atoms with van der Waals surface area (Å²) in [7, 11) is 0. The van der Waals surface area contributed by atoms with E-state index >= 15 is 0 Å². The molecule has 1 heterocycles. The Morgan fingerprint density at radius 3 is 2.61 bits per heavy atom. The Labute approximate surface area is 102 Å². The molecule has 0 amide bonds. The van der Waals surface area contributed by atoms with Crippen LogP contribution in [-0.4, -0.2) is 24.1 Å². The van der Waals surface area contributed by atoms with Gasteiger partial charge in [0.2, 0.25) is 5.82 Å². The maximum absolute atomic E-state index is 13.5. The number of rotatable bonds is 2. The van der Waals surface area contributed by atoms with Crippen molar-refractivity contribution >= 4 is 11.4 Å². The second kappa shape index (κ2) is 4.49. The van der Waals surface area contributed by atoms with E-state index in [0.717, 1.165) is 6.07 Å². The van der Waals surface area contributed by atoms with Crippen molar-refractivity contribution in [2.24, 2.45) is 11.7 Å². The van der Waals surface area contributed by atoms with Gasteiger partial charge in [-0.2, -0.15) is 4.39 Å². The number of anilines is 1. The van der Waals surface area contributed by atoms with Gasteiger partial charge in [0.05, 0.1) is 4.92 Å². The molecule has 2 unspecified atom stereocenters. The molecule has 0 bridgehead atoms. The average molecular weight is 257 g/mol. The Morgan fingerprint density at radius 2 is 2.11 bits per heavy atom. The quantitative estimate of drug-likeness (QED) is 0.646. The summed E-state index contributed by atoms with van der Waals surface area (Å²) in [4.78, 5) is 11.6. The topological polar surface area (TPSA) is 72.4 Å². The van der Waals surface area contributed by atoms with Gasteiger partial charge in [0.15, 0.2) is 0 Å². The molecule has 0 radical (unpaired) electrons. The molecule has 0 spiro atoms. The van der Waals surface area contributed by atoms with Crippen molar-refractivity contribution in [3.05, 3.63) is 33.9 Å². The van der Waals surface area contributed by atoms with Crippen LogP contribution in [0.1, 0.15) is 6.92 Å². The first-order chi connectivity index (χ1) is 8.40. The van der Waals surface area contributed by atoms with E-state index < -0.39 is 22.2 Å². The van der Waals surface area contributed by atoms with E-state index in [2.05, 4.69) is 0 Å². The van der Waals surface area contributed by atoms with Crippen molar-refractivity contribution in [2.45, 2.75) is 13.0 Å². The highest BCUT2D eigenvalue weighted by molar-refractivity contribution is 5.64. The van der Waals surface area contributed by atoms with Crippen LogP contribution >= 0.6 is 0 Å². The summed E-state index contributed by atoms with van der Waals surface area (Å²) in [6.07, 6.45) is 0. The summed E-state index contributed by atoms with van der Waals surface area (Å²) in [6, 6.07) is 1.34. The van der Waals surface area contributed by atoms with Gasteiger partial charge in [-0.1, -0.05) is 6.92 Å². The highest BCUT2D eigenvalue weighted by Crippen LogP contribution is 2.34. The lowest BCUT2D eigenvalue weighted by atomic mass is 10.1. The molecule has 1 aromatic rings. The summed E-state index contributed by atoms with van der Waals surface area (Å²) in [5.74, 6) is -1.87. The largest absolute Gasteiger partial charge is 0.364 e. The molecule has 1 saturated heterocycles. The molecule has 1 fully saturated rings. The van der Waals surface area contributed by atoms with E-state index in [1.165, 1.54) is 0 Å². The van der Waals surface area contributed by atoms with Gasteiger partial charge in [0, 0.05) is 31.3 Å². The molecule has 1 aliphatic rings. The van der Waals surface area contributed by atoms with Gasteiger partial charge in [-0.3, -0.25) is 10.1 Å². The second-order valence-electron chi connectivity index (χ2n) is 4.56. The molecule has 2 atom stereocenters. The van der Waals surface area contributed by atoms with Crippen LogP contribution in [0.5, 0.6) is 0 Å². The number of nitrogens with two attached hydrogens (primary N) is 1. The smallest absolute Gasteiger partial charge is 0.328 e. The van der Waals surface area contributed by atoms with Crippen molar-refractivity contribution in [2.75, 3.05) is 18.0 Å². The SMILES string of the molecule is CC1CN(c2cc(F)cc(F)c2[N+](=O)[O-])CC1N. The Bertz CT molecular complexity index is 485. The normalized spacial score (nSPS) is 23.4. The molecular formula is C11H13F2N3O2. The van der Waals surface area contributed by atoms with Crippen LogP contribution in [0.2, 0.25) is 0 Å². The molecule has 2 rings (SSSR count). The standard InChI is InChI=1S/C11H13F2N3O2/c1-6-4-15(5-9(6)14)10-3-7(12)2-8(13)11(10)16(17)18/h2-3,6,9H,4-5,14H2,1H3. The number of benzene rings is 1. The third-order valence-electron chi connectivity index (χ3n) is 3.20. The summed E-state index contributed by atoms with van der Waals surface area (Å²) >= 11 is 0. The van der Waals surface area contributed by atoms with Crippen molar-refractivity contribution in [1.82, 2.24) is 0 Å². The minimum absolute atomic E-state index is 0.0442. The van der Waals surface area contributed by atoms with Crippen LogP contribution in [0.3, 0.4) is 0 Å². The molecule has 1 aromatic carbocycles. The first-order valence-corrected chi connectivity index (χ1v) is 5.54. The van der Waals surface area contributed by atoms with Crippen LogP contribution in [0.4, 0.5) is 20.2 Å². The monoisotopic (exact) mass is 257 g/mol. The van der Waals surface area contributed by atoms with Crippen LogP contribution < -0.4 is 10.6 Å². The fraction of sp³-hybridized carbons (Fsp3) is 0.455. The predicted octanol–water partition coefficient (Wildman–Crippen LogP) is 1.66. The average Bonchev–Trinajstić information content (AvgIpc) is 2.57. The number of halogens is 2. The minimum atomic E-state index is -1.16. The van der Waals surface area contributed by atoms with Gasteiger partial charge in [0.1, 0.15) is 11.5 Å². The zero-order valence-corrected chi connectivity index (χ0v) is 9.77. The minimum Gasteiger partial charge on any atom is -0.364 e. The van der Waals surface area contributed by atoms with Crippen molar-refractivity contribution < 1.29 is 13.7 Å². The van der Waals surface area contributed by atoms with Gasteiger partial charge in [-0.15, -0.1) is 0 Å². The highest BCUT2D eigenvalue weighted by atomic mass is 19.1. The summed E-state index contributed by atoms with van der Waals surface area (Å²) in [5.41, 5.74) is 5.07. The third-order valence-corrected chi connectivity index (χ3v) is 3.20. The lowest BCUT2D eigenvalue weighted by molar-refractivity contribution is -0.386. The number of hydrogen-bond acceptors (Lipinski definition) is 4. The van der Waals surface area contributed by atoms with Crippen LogP contribution in [-0.2, 0) is 0 Å². The number of nitro benzene ring substituents is 1. The maximum Gasteiger partial charge on any atom is 0.328 e. The molecule has 1 aliphatic heterocycles. The summed E-state index contributed by atoms with van der Waals surface area (Å²) in [5, 5.41) is 10.9. The Kier molecular flexibility index (Phi) is 3.16. The lowest BCUT2D eigenvalue weighted by Gasteiger charge is -2.18. The maximum atomic E-state index is 13.5. The van der Waals surface area contributed by atoms with Gasteiger partial charge in [-0.25, -0.2) is 4.39 Å². The number of nitrogens with zero attached hydrogens (tertiary/aromatic N) is 2. The number of nitro groups is 1. The Morgan fingerprint density at radius 1 is 1.44 bits per heavy atom. The Hall–Kier alpha value is -1.76. The van der Waals surface area contributed by atoms with Crippen LogP contribution in [0.15, 0.2) is 12.1 Å². The molecule has 0 saturated carbocycles. The van der Waals surface area contributed by atoms with Gasteiger partial charge in [0.25, 0.3) is 0 Å². The lowest BCUT2D eigenvalue weighted by Crippen LogP contribution is -2.28. The fourth-order valence-corrected chi connectivity index (χ4v) is 2.16. The zero-order valence-electron chi connectivity index (χ0n) is 9.77. The van der Waals surface area contributed by atoms with E-state index in [1.54, 1.807) is 4.90 Å². The molecule has 5 nitrogen and oxygen atoms in total. The predicted molar refractivity (Wildman–Crippen MR) is 62.4 cm³/mol. The second-order valence-corrected chi connectivity index (χ2v) is 4.56. The fourth-order valence-electron chi connectivity index (χ4n) is 2.16.